The van der Waals surface area contributed by atoms with Crippen LogP contribution in [0.25, 0.3) is 0 Å². The van der Waals surface area contributed by atoms with Crippen LogP contribution >= 0.6 is 0 Å². The van der Waals surface area contributed by atoms with Gasteiger partial charge in [0.05, 0.1) is 18.4 Å². The molecule has 0 fully saturated rings. The standard InChI is InChI=1S/C16H26N2O3/c1-16(2,3)21-12-15(19)18(11-7-10-17)13-8-5-6-9-14(13)20-4/h5-6,8-9H,7,10-12,17H2,1-4H3. The van der Waals surface area contributed by atoms with E-state index in [1.54, 1.807) is 12.0 Å². The van der Waals surface area contributed by atoms with Gasteiger partial charge in [0.25, 0.3) is 5.91 Å². The van der Waals surface area contributed by atoms with Gasteiger partial charge in [0.1, 0.15) is 12.4 Å². The number of carbonyl (C=O) groups is 1. The fourth-order valence-corrected chi connectivity index (χ4v) is 1.84. The van der Waals surface area contributed by atoms with Crippen molar-refractivity contribution in [3.05, 3.63) is 24.3 Å². The number of anilines is 1. The minimum absolute atomic E-state index is 0.0338. The second-order valence-corrected chi connectivity index (χ2v) is 5.76. The van der Waals surface area contributed by atoms with E-state index >= 15 is 0 Å². The Kier molecular flexibility index (Phi) is 6.65. The van der Waals surface area contributed by atoms with Crippen molar-refractivity contribution in [1.82, 2.24) is 0 Å². The molecule has 0 aromatic heterocycles. The number of para-hydroxylation sites is 2. The molecular formula is C16H26N2O3. The van der Waals surface area contributed by atoms with Crippen molar-refractivity contribution in [3.8, 4) is 5.75 Å². The molecule has 0 radical (unpaired) electrons. The van der Waals surface area contributed by atoms with Crippen LogP contribution in [0.2, 0.25) is 0 Å². The Morgan fingerprint density at radius 1 is 1.29 bits per heavy atom. The van der Waals surface area contributed by atoms with Crippen LogP contribution in [0.15, 0.2) is 24.3 Å². The molecule has 118 valence electrons. The molecule has 0 bridgehead atoms. The zero-order valence-electron chi connectivity index (χ0n) is 13.4. The molecule has 0 saturated heterocycles. The highest BCUT2D eigenvalue weighted by molar-refractivity contribution is 5.95. The summed E-state index contributed by atoms with van der Waals surface area (Å²) in [5.74, 6) is 0.571. The van der Waals surface area contributed by atoms with Crippen LogP contribution in [0.3, 0.4) is 0 Å². The SMILES string of the molecule is COc1ccccc1N(CCCN)C(=O)COC(C)(C)C. The van der Waals surface area contributed by atoms with Crippen LogP contribution in [-0.4, -0.2) is 38.3 Å². The van der Waals surface area contributed by atoms with Crippen LogP contribution in [0.4, 0.5) is 5.69 Å². The van der Waals surface area contributed by atoms with Gasteiger partial charge >= 0.3 is 0 Å². The molecule has 0 aliphatic rings. The third-order valence-electron chi connectivity index (χ3n) is 2.89. The summed E-state index contributed by atoms with van der Waals surface area (Å²) in [6, 6.07) is 7.46. The zero-order valence-corrected chi connectivity index (χ0v) is 13.4. The number of nitrogens with zero attached hydrogens (tertiary/aromatic N) is 1. The van der Waals surface area contributed by atoms with Crippen LogP contribution in [-0.2, 0) is 9.53 Å². The second kappa shape index (κ2) is 8.00. The molecule has 5 heteroatoms. The van der Waals surface area contributed by atoms with E-state index in [-0.39, 0.29) is 18.1 Å². The van der Waals surface area contributed by atoms with E-state index in [9.17, 15) is 4.79 Å². The molecule has 2 N–H and O–H groups in total. The Balaban J connectivity index is 2.91. The highest BCUT2D eigenvalue weighted by Crippen LogP contribution is 2.28. The van der Waals surface area contributed by atoms with Gasteiger partial charge in [-0.1, -0.05) is 12.1 Å². The maximum Gasteiger partial charge on any atom is 0.253 e. The number of ether oxygens (including phenoxy) is 2. The van der Waals surface area contributed by atoms with E-state index < -0.39 is 0 Å². The van der Waals surface area contributed by atoms with Gasteiger partial charge in [0, 0.05) is 6.54 Å². The van der Waals surface area contributed by atoms with Crippen LogP contribution in [0.1, 0.15) is 27.2 Å². The summed E-state index contributed by atoms with van der Waals surface area (Å²) >= 11 is 0. The number of amides is 1. The first-order valence-corrected chi connectivity index (χ1v) is 7.16. The van der Waals surface area contributed by atoms with Crippen molar-refractivity contribution < 1.29 is 14.3 Å². The van der Waals surface area contributed by atoms with Gasteiger partial charge in [-0.05, 0) is 45.9 Å². The molecule has 0 aliphatic carbocycles. The zero-order chi connectivity index (χ0) is 15.9. The molecule has 1 aromatic rings. The van der Waals surface area contributed by atoms with Crippen molar-refractivity contribution in [2.24, 2.45) is 5.73 Å². The third-order valence-corrected chi connectivity index (χ3v) is 2.89. The van der Waals surface area contributed by atoms with Gasteiger partial charge < -0.3 is 20.1 Å². The van der Waals surface area contributed by atoms with Crippen molar-refractivity contribution in [2.45, 2.75) is 32.8 Å². The number of hydrogen-bond acceptors (Lipinski definition) is 4. The van der Waals surface area contributed by atoms with Crippen molar-refractivity contribution >= 4 is 11.6 Å². The lowest BCUT2D eigenvalue weighted by Crippen LogP contribution is -2.38. The lowest BCUT2D eigenvalue weighted by molar-refractivity contribution is -0.127. The Hall–Kier alpha value is -1.59. The molecule has 0 saturated carbocycles. The largest absolute Gasteiger partial charge is 0.495 e. The Morgan fingerprint density at radius 2 is 1.95 bits per heavy atom. The summed E-state index contributed by atoms with van der Waals surface area (Å²) in [5.41, 5.74) is 5.96. The third kappa shape index (κ3) is 5.73. The molecule has 1 rings (SSSR count). The van der Waals surface area contributed by atoms with Gasteiger partial charge in [-0.15, -0.1) is 0 Å². The van der Waals surface area contributed by atoms with Gasteiger partial charge in [-0.2, -0.15) is 0 Å². The second-order valence-electron chi connectivity index (χ2n) is 5.76. The first-order chi connectivity index (χ1) is 9.89. The van der Waals surface area contributed by atoms with Gasteiger partial charge in [-0.3, -0.25) is 4.79 Å². The van der Waals surface area contributed by atoms with Gasteiger partial charge in [0.2, 0.25) is 0 Å². The molecule has 0 heterocycles. The van der Waals surface area contributed by atoms with E-state index in [0.29, 0.717) is 18.8 Å². The lowest BCUT2D eigenvalue weighted by atomic mass is 10.2. The van der Waals surface area contributed by atoms with Crippen molar-refractivity contribution in [1.29, 1.82) is 0 Å². The Bertz CT molecular complexity index is 455. The fourth-order valence-electron chi connectivity index (χ4n) is 1.84. The number of carbonyl (C=O) groups excluding carboxylic acids is 1. The van der Waals surface area contributed by atoms with E-state index in [2.05, 4.69) is 0 Å². The lowest BCUT2D eigenvalue weighted by Gasteiger charge is -2.26. The monoisotopic (exact) mass is 294 g/mol. The van der Waals surface area contributed by atoms with E-state index in [4.69, 9.17) is 15.2 Å². The number of rotatable bonds is 7. The highest BCUT2D eigenvalue weighted by atomic mass is 16.5. The first-order valence-electron chi connectivity index (χ1n) is 7.16. The highest BCUT2D eigenvalue weighted by Gasteiger charge is 2.21. The number of nitrogens with two attached hydrogens (primary N) is 1. The summed E-state index contributed by atoms with van der Waals surface area (Å²) in [4.78, 5) is 14.1. The fraction of sp³-hybridized carbons (Fsp3) is 0.562. The van der Waals surface area contributed by atoms with E-state index in [1.165, 1.54) is 0 Å². The topological polar surface area (TPSA) is 64.8 Å². The smallest absolute Gasteiger partial charge is 0.253 e. The Morgan fingerprint density at radius 3 is 2.52 bits per heavy atom. The molecule has 1 amide bonds. The molecule has 1 aromatic carbocycles. The van der Waals surface area contributed by atoms with Gasteiger partial charge in [0.15, 0.2) is 0 Å². The summed E-state index contributed by atoms with van der Waals surface area (Å²) in [6.07, 6.45) is 0.722. The molecule has 0 unspecified atom stereocenters. The normalized spacial score (nSPS) is 11.3. The summed E-state index contributed by atoms with van der Waals surface area (Å²) in [7, 11) is 1.59. The summed E-state index contributed by atoms with van der Waals surface area (Å²) in [5, 5.41) is 0. The predicted octanol–water partition coefficient (Wildman–Crippen LogP) is 2.19. The Labute approximate surface area is 127 Å². The first kappa shape index (κ1) is 17.5. The number of benzene rings is 1. The summed E-state index contributed by atoms with van der Waals surface area (Å²) in [6.45, 7) is 6.88. The molecule has 0 atom stereocenters. The molecular weight excluding hydrogens is 268 g/mol. The number of hydrogen-bond donors (Lipinski definition) is 1. The van der Waals surface area contributed by atoms with Gasteiger partial charge in [-0.25, -0.2) is 0 Å². The van der Waals surface area contributed by atoms with Crippen LogP contribution < -0.4 is 15.4 Å². The summed E-state index contributed by atoms with van der Waals surface area (Å²) < 4.78 is 10.9. The minimum Gasteiger partial charge on any atom is -0.495 e. The minimum atomic E-state index is -0.351. The molecule has 5 nitrogen and oxygen atoms in total. The van der Waals surface area contributed by atoms with E-state index in [0.717, 1.165) is 12.1 Å². The van der Waals surface area contributed by atoms with Crippen LogP contribution in [0, 0.1) is 0 Å². The molecule has 0 aliphatic heterocycles. The maximum absolute atomic E-state index is 12.5. The molecule has 0 spiro atoms. The van der Waals surface area contributed by atoms with Crippen LogP contribution in [0.5, 0.6) is 5.75 Å². The van der Waals surface area contributed by atoms with Crippen molar-refractivity contribution in [3.63, 3.8) is 0 Å². The maximum atomic E-state index is 12.5. The average Bonchev–Trinajstić information content (AvgIpc) is 2.45. The average molecular weight is 294 g/mol. The quantitative estimate of drug-likeness (QED) is 0.837. The van der Waals surface area contributed by atoms with E-state index in [1.807, 2.05) is 45.0 Å². The predicted molar refractivity (Wildman–Crippen MR) is 84.7 cm³/mol. The number of methoxy groups -OCH3 is 1. The molecule has 21 heavy (non-hydrogen) atoms. The van der Waals surface area contributed by atoms with Crippen molar-refractivity contribution in [2.75, 3.05) is 31.7 Å².